The van der Waals surface area contributed by atoms with E-state index in [0.29, 0.717) is 16.5 Å². The van der Waals surface area contributed by atoms with Crippen molar-refractivity contribution in [2.45, 2.75) is 6.54 Å². The number of nitrogens with zero attached hydrogens (tertiary/aromatic N) is 3. The lowest BCUT2D eigenvalue weighted by Crippen LogP contribution is -2.32. The maximum Gasteiger partial charge on any atom is 0.268 e. The number of aromatic nitrogens is 3. The summed E-state index contributed by atoms with van der Waals surface area (Å²) >= 11 is 5.94. The van der Waals surface area contributed by atoms with Gasteiger partial charge >= 0.3 is 0 Å². The van der Waals surface area contributed by atoms with Gasteiger partial charge in [-0.2, -0.15) is 9.37 Å². The summed E-state index contributed by atoms with van der Waals surface area (Å²) in [6.07, 6.45) is 1.14. The number of nitrogens with one attached hydrogen (secondary N) is 1. The molecule has 10 heteroatoms. The fourth-order valence-corrected chi connectivity index (χ4v) is 3.11. The first kappa shape index (κ1) is 22.0. The highest BCUT2D eigenvalue weighted by atomic mass is 35.5. The van der Waals surface area contributed by atoms with Gasteiger partial charge in [-0.25, -0.2) is 4.98 Å². The van der Waals surface area contributed by atoms with E-state index in [1.54, 1.807) is 48.5 Å². The van der Waals surface area contributed by atoms with Crippen LogP contribution < -0.4 is 21.3 Å². The number of halogens is 2. The van der Waals surface area contributed by atoms with Gasteiger partial charge in [0.1, 0.15) is 11.3 Å². The minimum Gasteiger partial charge on any atom is -0.439 e. The van der Waals surface area contributed by atoms with E-state index in [1.165, 1.54) is 22.8 Å². The Morgan fingerprint density at radius 2 is 1.82 bits per heavy atom. The van der Waals surface area contributed by atoms with Crippen molar-refractivity contribution in [3.63, 3.8) is 0 Å². The van der Waals surface area contributed by atoms with Crippen molar-refractivity contribution in [1.82, 2.24) is 14.5 Å². The molecule has 0 unspecified atom stereocenters. The molecule has 0 spiro atoms. The first-order valence-corrected chi connectivity index (χ1v) is 10.1. The van der Waals surface area contributed by atoms with Crippen LogP contribution in [0.2, 0.25) is 5.02 Å². The molecule has 4 aromatic rings. The number of rotatable bonds is 7. The number of pyridine rings is 1. The summed E-state index contributed by atoms with van der Waals surface area (Å²) in [7, 11) is 0. The minimum absolute atomic E-state index is 0.121. The van der Waals surface area contributed by atoms with Gasteiger partial charge in [0.2, 0.25) is 17.8 Å². The van der Waals surface area contributed by atoms with Crippen LogP contribution in [0.3, 0.4) is 0 Å². The number of nitrogens with two attached hydrogens (primary N) is 1. The Morgan fingerprint density at radius 1 is 1.09 bits per heavy atom. The maximum atomic E-state index is 13.2. The molecule has 0 saturated heterocycles. The van der Waals surface area contributed by atoms with E-state index < -0.39 is 17.4 Å². The first-order valence-electron chi connectivity index (χ1n) is 9.70. The quantitative estimate of drug-likeness (QED) is 0.397. The molecule has 1 amide bonds. The summed E-state index contributed by atoms with van der Waals surface area (Å²) in [5.74, 6) is -0.739. The van der Waals surface area contributed by atoms with Crippen molar-refractivity contribution in [2.75, 3.05) is 5.32 Å². The number of amides is 1. The van der Waals surface area contributed by atoms with E-state index >= 15 is 0 Å². The van der Waals surface area contributed by atoms with E-state index in [0.717, 1.165) is 11.8 Å². The number of hydrogen-bond acceptors (Lipinski definition) is 6. The molecule has 2 heterocycles. The van der Waals surface area contributed by atoms with Crippen LogP contribution in [0.5, 0.6) is 11.6 Å². The minimum atomic E-state index is -0.864. The smallest absolute Gasteiger partial charge is 0.268 e. The van der Waals surface area contributed by atoms with Gasteiger partial charge in [0.15, 0.2) is 0 Å². The lowest BCUT2D eigenvalue weighted by Gasteiger charge is -2.15. The van der Waals surface area contributed by atoms with Crippen LogP contribution >= 0.6 is 11.6 Å². The van der Waals surface area contributed by atoms with Gasteiger partial charge in [-0.1, -0.05) is 29.8 Å². The molecule has 0 aliphatic carbocycles. The highest BCUT2D eigenvalue weighted by molar-refractivity contribution is 6.30. The Balaban J connectivity index is 1.60. The van der Waals surface area contributed by atoms with Crippen molar-refractivity contribution in [2.24, 2.45) is 5.73 Å². The molecular formula is C23H17ClFN5O3. The van der Waals surface area contributed by atoms with Crippen LogP contribution in [0.4, 0.5) is 16.0 Å². The van der Waals surface area contributed by atoms with Gasteiger partial charge in [0, 0.05) is 23.0 Å². The van der Waals surface area contributed by atoms with Crippen molar-refractivity contribution in [1.29, 1.82) is 0 Å². The summed E-state index contributed by atoms with van der Waals surface area (Å²) in [5, 5.41) is 3.61. The van der Waals surface area contributed by atoms with Gasteiger partial charge in [0.25, 0.3) is 11.5 Å². The third-order valence-corrected chi connectivity index (χ3v) is 4.84. The van der Waals surface area contributed by atoms with Gasteiger partial charge in [0.05, 0.1) is 6.54 Å². The molecule has 0 bridgehead atoms. The van der Waals surface area contributed by atoms with Gasteiger partial charge in [-0.3, -0.25) is 14.2 Å². The Hall–Kier alpha value is -4.24. The zero-order valence-corrected chi connectivity index (χ0v) is 17.8. The Kier molecular flexibility index (Phi) is 6.32. The van der Waals surface area contributed by atoms with E-state index in [1.807, 2.05) is 0 Å². The average Bonchev–Trinajstić information content (AvgIpc) is 2.78. The molecule has 0 aliphatic heterocycles. The fourth-order valence-electron chi connectivity index (χ4n) is 2.98. The third-order valence-electron chi connectivity index (χ3n) is 4.59. The van der Waals surface area contributed by atoms with Crippen molar-refractivity contribution in [3.8, 4) is 11.6 Å². The maximum absolute atomic E-state index is 13.2. The standard InChI is InChI=1S/C23H17ClFN5O3/c24-15-6-4-14(5-7-15)13-30-22(32)18(21(26)31)12-27-23(30)28-16-8-10-17(11-9-16)33-20-3-1-2-19(25)29-20/h1-12H,13H2,(H2,26,31)(H,27,28). The Labute approximate surface area is 192 Å². The molecule has 166 valence electrons. The van der Waals surface area contributed by atoms with Crippen molar-refractivity contribution < 1.29 is 13.9 Å². The Bertz CT molecular complexity index is 1360. The molecule has 4 rings (SSSR count). The summed E-state index contributed by atoms with van der Waals surface area (Å²) < 4.78 is 20.1. The number of hydrogen-bond donors (Lipinski definition) is 2. The number of carbonyl (C=O) groups excluding carboxylic acids is 1. The molecular weight excluding hydrogens is 449 g/mol. The second-order valence-electron chi connectivity index (χ2n) is 6.93. The molecule has 0 atom stereocenters. The van der Waals surface area contributed by atoms with Gasteiger partial charge in [-0.15, -0.1) is 0 Å². The van der Waals surface area contributed by atoms with Crippen LogP contribution in [0, 0.1) is 5.95 Å². The topological polar surface area (TPSA) is 112 Å². The number of anilines is 2. The molecule has 2 aromatic carbocycles. The van der Waals surface area contributed by atoms with Gasteiger partial charge in [-0.05, 0) is 48.0 Å². The van der Waals surface area contributed by atoms with E-state index in [4.69, 9.17) is 22.1 Å². The predicted molar refractivity (Wildman–Crippen MR) is 122 cm³/mol. The molecule has 0 saturated carbocycles. The number of ether oxygens (including phenoxy) is 1. The van der Waals surface area contributed by atoms with Gasteiger partial charge < -0.3 is 15.8 Å². The molecule has 0 radical (unpaired) electrons. The average molecular weight is 466 g/mol. The monoisotopic (exact) mass is 465 g/mol. The highest BCUT2D eigenvalue weighted by Gasteiger charge is 2.15. The summed E-state index contributed by atoms with van der Waals surface area (Å²) in [5.41, 5.74) is 5.89. The highest BCUT2D eigenvalue weighted by Crippen LogP contribution is 2.23. The number of benzene rings is 2. The van der Waals surface area contributed by atoms with Crippen LogP contribution in [0.15, 0.2) is 77.7 Å². The number of primary amides is 1. The zero-order chi connectivity index (χ0) is 23.4. The Morgan fingerprint density at radius 3 is 2.48 bits per heavy atom. The molecule has 0 aliphatic rings. The second-order valence-corrected chi connectivity index (χ2v) is 7.36. The van der Waals surface area contributed by atoms with Crippen molar-refractivity contribution >= 4 is 29.1 Å². The summed E-state index contributed by atoms with van der Waals surface area (Å²) in [6, 6.07) is 17.9. The number of carbonyl (C=O) groups is 1. The molecule has 2 aromatic heterocycles. The van der Waals surface area contributed by atoms with E-state index in [-0.39, 0.29) is 23.9 Å². The summed E-state index contributed by atoms with van der Waals surface area (Å²) in [6.45, 7) is 0.138. The van der Waals surface area contributed by atoms with Crippen molar-refractivity contribution in [3.05, 3.63) is 105 Å². The van der Waals surface area contributed by atoms with Crippen LogP contribution in [0.1, 0.15) is 15.9 Å². The third kappa shape index (κ3) is 5.34. The second kappa shape index (κ2) is 9.49. The van der Waals surface area contributed by atoms with Crippen LogP contribution in [-0.4, -0.2) is 20.4 Å². The SMILES string of the molecule is NC(=O)c1cnc(Nc2ccc(Oc3cccc(F)n3)cc2)n(Cc2ccc(Cl)cc2)c1=O. The fraction of sp³-hybridized carbons (Fsp3) is 0.0435. The lowest BCUT2D eigenvalue weighted by molar-refractivity contribution is 0.0998. The predicted octanol–water partition coefficient (Wildman–Crippen LogP) is 4.11. The van der Waals surface area contributed by atoms with E-state index in [9.17, 15) is 14.0 Å². The molecule has 3 N–H and O–H groups in total. The largest absolute Gasteiger partial charge is 0.439 e. The van der Waals surface area contributed by atoms with E-state index in [2.05, 4.69) is 15.3 Å². The molecule has 0 fully saturated rings. The summed E-state index contributed by atoms with van der Waals surface area (Å²) in [4.78, 5) is 32.4. The normalized spacial score (nSPS) is 10.6. The first-order chi connectivity index (χ1) is 15.9. The molecule has 33 heavy (non-hydrogen) atoms. The molecule has 8 nitrogen and oxygen atoms in total. The van der Waals surface area contributed by atoms with Crippen LogP contribution in [0.25, 0.3) is 0 Å². The van der Waals surface area contributed by atoms with Crippen LogP contribution in [-0.2, 0) is 6.54 Å². The lowest BCUT2D eigenvalue weighted by atomic mass is 10.2. The zero-order valence-electron chi connectivity index (χ0n) is 17.0.